The van der Waals surface area contributed by atoms with E-state index in [0.29, 0.717) is 0 Å². The average molecular weight is 240 g/mol. The van der Waals surface area contributed by atoms with Crippen LogP contribution in [0.3, 0.4) is 0 Å². The lowest BCUT2D eigenvalue weighted by molar-refractivity contribution is 0.611. The number of allylic oxidation sites excluding steroid dienone is 4. The molecule has 2 rings (SSSR count). The van der Waals surface area contributed by atoms with Crippen LogP contribution >= 0.6 is 0 Å². The Morgan fingerprint density at radius 3 is 2.61 bits per heavy atom. The Morgan fingerprint density at radius 2 is 1.89 bits per heavy atom. The number of hydrogen-bond donors (Lipinski definition) is 0. The normalized spacial score (nSPS) is 16.3. The van der Waals surface area contributed by atoms with Crippen LogP contribution in [0.5, 0.6) is 0 Å². The molecule has 0 aromatic carbocycles. The van der Waals surface area contributed by atoms with Gasteiger partial charge in [-0.15, -0.1) is 0 Å². The second-order valence-electron chi connectivity index (χ2n) is 4.67. The van der Waals surface area contributed by atoms with Gasteiger partial charge in [-0.2, -0.15) is 10.2 Å². The van der Waals surface area contributed by atoms with Crippen molar-refractivity contribution in [3.8, 4) is 0 Å². The molecule has 0 spiro atoms. The van der Waals surface area contributed by atoms with Crippen LogP contribution in [0.2, 0.25) is 0 Å². The molecule has 0 radical (unpaired) electrons. The van der Waals surface area contributed by atoms with Crippen LogP contribution in [-0.2, 0) is 12.8 Å². The van der Waals surface area contributed by atoms with Crippen LogP contribution < -0.4 is 0 Å². The summed E-state index contributed by atoms with van der Waals surface area (Å²) in [7, 11) is 0. The highest BCUT2D eigenvalue weighted by atomic mass is 15.1. The van der Waals surface area contributed by atoms with E-state index in [-0.39, 0.29) is 0 Å². The first-order valence-corrected chi connectivity index (χ1v) is 6.65. The zero-order chi connectivity index (χ0) is 12.8. The summed E-state index contributed by atoms with van der Waals surface area (Å²) in [6.45, 7) is 7.61. The standard InChI is InChI=1S/C16H20N2/c1-3-9-13(4-2)16-15-11-8-6-5-7-10-14(15)12-17-18-16/h3-4,9,12H,1-2,5-8,10-11H2/b13-9+. The number of nitrogens with zero attached hydrogens (tertiary/aromatic N) is 2. The van der Waals surface area contributed by atoms with Crippen LogP contribution in [0.4, 0.5) is 0 Å². The summed E-state index contributed by atoms with van der Waals surface area (Å²) in [4.78, 5) is 0. The molecule has 0 aliphatic heterocycles. The molecule has 0 saturated carbocycles. The summed E-state index contributed by atoms with van der Waals surface area (Å²) < 4.78 is 0. The van der Waals surface area contributed by atoms with Gasteiger partial charge in [-0.25, -0.2) is 0 Å². The molecule has 0 fully saturated rings. The molecule has 1 aromatic heterocycles. The molecule has 2 heteroatoms. The maximum absolute atomic E-state index is 4.32. The highest BCUT2D eigenvalue weighted by Gasteiger charge is 2.14. The largest absolute Gasteiger partial charge is 0.158 e. The quantitative estimate of drug-likeness (QED) is 0.749. The zero-order valence-corrected chi connectivity index (χ0v) is 10.9. The molecular formula is C16H20N2. The first-order chi connectivity index (χ1) is 8.86. The molecule has 2 nitrogen and oxygen atoms in total. The van der Waals surface area contributed by atoms with Crippen LogP contribution in [0.25, 0.3) is 5.57 Å². The Morgan fingerprint density at radius 1 is 1.11 bits per heavy atom. The summed E-state index contributed by atoms with van der Waals surface area (Å²) >= 11 is 0. The Hall–Kier alpha value is -1.70. The molecular weight excluding hydrogens is 220 g/mol. The van der Waals surface area contributed by atoms with Gasteiger partial charge in [0.05, 0.1) is 11.9 Å². The van der Waals surface area contributed by atoms with Gasteiger partial charge < -0.3 is 0 Å². The monoisotopic (exact) mass is 240 g/mol. The van der Waals surface area contributed by atoms with E-state index in [0.717, 1.165) is 24.1 Å². The van der Waals surface area contributed by atoms with Crippen molar-refractivity contribution in [2.45, 2.75) is 38.5 Å². The van der Waals surface area contributed by atoms with E-state index in [1.165, 1.54) is 36.8 Å². The molecule has 1 aliphatic carbocycles. The number of hydrogen-bond acceptors (Lipinski definition) is 2. The van der Waals surface area contributed by atoms with Crippen LogP contribution in [0.1, 0.15) is 42.5 Å². The Labute approximate surface area is 109 Å². The molecule has 18 heavy (non-hydrogen) atoms. The molecule has 0 atom stereocenters. The summed E-state index contributed by atoms with van der Waals surface area (Å²) in [5.74, 6) is 0. The minimum atomic E-state index is 0.990. The van der Waals surface area contributed by atoms with E-state index in [1.807, 2.05) is 18.3 Å². The average Bonchev–Trinajstić information content (AvgIpc) is 2.36. The smallest absolute Gasteiger partial charge is 0.0964 e. The van der Waals surface area contributed by atoms with Crippen molar-refractivity contribution in [2.24, 2.45) is 0 Å². The lowest BCUT2D eigenvalue weighted by Crippen LogP contribution is -2.07. The molecule has 0 saturated heterocycles. The molecule has 94 valence electrons. The van der Waals surface area contributed by atoms with Gasteiger partial charge in [0.25, 0.3) is 0 Å². The molecule has 1 aliphatic rings. The second kappa shape index (κ2) is 6.29. The first kappa shape index (κ1) is 12.7. The van der Waals surface area contributed by atoms with Crippen LogP contribution in [0.15, 0.2) is 37.6 Å². The SMILES string of the molecule is C=C/C=C(\C=C)c1nncc2c1CCCCCC2. The van der Waals surface area contributed by atoms with E-state index >= 15 is 0 Å². The van der Waals surface area contributed by atoms with E-state index in [4.69, 9.17) is 0 Å². The third-order valence-electron chi connectivity index (χ3n) is 3.46. The first-order valence-electron chi connectivity index (χ1n) is 6.65. The summed E-state index contributed by atoms with van der Waals surface area (Å²) in [5.41, 5.74) is 4.73. The Kier molecular flexibility index (Phi) is 4.46. The predicted octanol–water partition coefficient (Wildman–Crippen LogP) is 3.89. The fourth-order valence-corrected chi connectivity index (χ4v) is 2.51. The highest BCUT2D eigenvalue weighted by molar-refractivity contribution is 5.74. The van der Waals surface area contributed by atoms with Crippen molar-refractivity contribution in [1.82, 2.24) is 10.2 Å². The molecule has 1 heterocycles. The number of aromatic nitrogens is 2. The van der Waals surface area contributed by atoms with Gasteiger partial charge in [-0.05, 0) is 36.8 Å². The maximum Gasteiger partial charge on any atom is 0.0964 e. The predicted molar refractivity (Wildman–Crippen MR) is 76.3 cm³/mol. The molecule has 0 unspecified atom stereocenters. The van der Waals surface area contributed by atoms with Gasteiger partial charge in [0, 0.05) is 5.57 Å². The van der Waals surface area contributed by atoms with Crippen molar-refractivity contribution in [1.29, 1.82) is 0 Å². The minimum absolute atomic E-state index is 0.990. The Bertz CT molecular complexity index is 472. The minimum Gasteiger partial charge on any atom is -0.158 e. The van der Waals surface area contributed by atoms with E-state index in [9.17, 15) is 0 Å². The van der Waals surface area contributed by atoms with Crippen LogP contribution in [0, 0.1) is 0 Å². The van der Waals surface area contributed by atoms with Gasteiger partial charge in [0.15, 0.2) is 0 Å². The zero-order valence-electron chi connectivity index (χ0n) is 10.9. The number of rotatable bonds is 3. The molecule has 0 N–H and O–H groups in total. The van der Waals surface area contributed by atoms with Gasteiger partial charge in [-0.1, -0.05) is 44.2 Å². The summed E-state index contributed by atoms with van der Waals surface area (Å²) in [6, 6.07) is 0. The number of fused-ring (bicyclic) bond motifs is 1. The van der Waals surface area contributed by atoms with Gasteiger partial charge >= 0.3 is 0 Å². The molecule has 0 amide bonds. The second-order valence-corrected chi connectivity index (χ2v) is 4.67. The lowest BCUT2D eigenvalue weighted by atomic mass is 9.91. The van der Waals surface area contributed by atoms with Gasteiger partial charge in [-0.3, -0.25) is 0 Å². The fourth-order valence-electron chi connectivity index (χ4n) is 2.51. The van der Waals surface area contributed by atoms with Crippen molar-refractivity contribution in [3.63, 3.8) is 0 Å². The topological polar surface area (TPSA) is 25.8 Å². The third-order valence-corrected chi connectivity index (χ3v) is 3.46. The van der Waals surface area contributed by atoms with Crippen LogP contribution in [-0.4, -0.2) is 10.2 Å². The van der Waals surface area contributed by atoms with E-state index < -0.39 is 0 Å². The summed E-state index contributed by atoms with van der Waals surface area (Å²) in [6.07, 6.45) is 14.9. The van der Waals surface area contributed by atoms with Crippen molar-refractivity contribution in [3.05, 3.63) is 54.4 Å². The maximum atomic E-state index is 4.32. The Balaban J connectivity index is 2.47. The molecule has 1 aromatic rings. The van der Waals surface area contributed by atoms with Gasteiger partial charge in [0.2, 0.25) is 0 Å². The van der Waals surface area contributed by atoms with E-state index in [1.54, 1.807) is 6.08 Å². The highest BCUT2D eigenvalue weighted by Crippen LogP contribution is 2.25. The molecule has 0 bridgehead atoms. The van der Waals surface area contributed by atoms with Crippen molar-refractivity contribution in [2.75, 3.05) is 0 Å². The lowest BCUT2D eigenvalue weighted by Gasteiger charge is -2.16. The van der Waals surface area contributed by atoms with Crippen molar-refractivity contribution >= 4 is 5.57 Å². The number of aryl methyl sites for hydroxylation is 1. The summed E-state index contributed by atoms with van der Waals surface area (Å²) in [5, 5.41) is 8.47. The van der Waals surface area contributed by atoms with E-state index in [2.05, 4.69) is 23.4 Å². The van der Waals surface area contributed by atoms with Crippen molar-refractivity contribution < 1.29 is 0 Å². The van der Waals surface area contributed by atoms with Gasteiger partial charge in [0.1, 0.15) is 0 Å². The third kappa shape index (κ3) is 2.76. The fraction of sp³-hybridized carbons (Fsp3) is 0.375.